The Labute approximate surface area is 107 Å². The van der Waals surface area contributed by atoms with Gasteiger partial charge in [-0.1, -0.05) is 12.1 Å². The minimum atomic E-state index is -0.870. The molecule has 0 amide bonds. The molecule has 0 spiro atoms. The van der Waals surface area contributed by atoms with Crippen LogP contribution in [0.1, 0.15) is 28.8 Å². The molecule has 4 heteroatoms. The van der Waals surface area contributed by atoms with Crippen molar-refractivity contribution in [1.29, 1.82) is 0 Å². The first-order valence-electron chi connectivity index (χ1n) is 6.26. The summed E-state index contributed by atoms with van der Waals surface area (Å²) in [4.78, 5) is 13.2. The van der Waals surface area contributed by atoms with Crippen molar-refractivity contribution in [3.05, 3.63) is 35.4 Å². The summed E-state index contributed by atoms with van der Waals surface area (Å²) in [6.07, 6.45) is 2.56. The Morgan fingerprint density at radius 3 is 3.11 bits per heavy atom. The molecule has 1 aromatic carbocycles. The quantitative estimate of drug-likeness (QED) is 0.886. The fourth-order valence-electron chi connectivity index (χ4n) is 2.41. The molecule has 98 valence electrons. The Hall–Kier alpha value is -1.39. The number of aromatic carboxylic acids is 1. The Morgan fingerprint density at radius 1 is 1.56 bits per heavy atom. The average molecular weight is 249 g/mol. The van der Waals surface area contributed by atoms with E-state index in [0.717, 1.165) is 38.0 Å². The molecule has 0 bridgehead atoms. The second-order valence-electron chi connectivity index (χ2n) is 4.74. The molecule has 0 aliphatic carbocycles. The molecule has 18 heavy (non-hydrogen) atoms. The fourth-order valence-corrected chi connectivity index (χ4v) is 2.41. The van der Waals surface area contributed by atoms with Crippen LogP contribution in [0.3, 0.4) is 0 Å². The van der Waals surface area contributed by atoms with Gasteiger partial charge in [0, 0.05) is 20.2 Å². The molecule has 1 saturated heterocycles. The lowest BCUT2D eigenvalue weighted by molar-refractivity contribution is 0.0285. The summed E-state index contributed by atoms with van der Waals surface area (Å²) < 4.78 is 5.39. The van der Waals surface area contributed by atoms with Crippen molar-refractivity contribution in [3.63, 3.8) is 0 Å². The molecule has 1 heterocycles. The smallest absolute Gasteiger partial charge is 0.335 e. The van der Waals surface area contributed by atoms with Gasteiger partial charge >= 0.3 is 5.97 Å². The molecule has 1 aromatic rings. The van der Waals surface area contributed by atoms with E-state index in [1.165, 1.54) is 0 Å². The number of rotatable bonds is 4. The van der Waals surface area contributed by atoms with Crippen LogP contribution >= 0.6 is 0 Å². The van der Waals surface area contributed by atoms with E-state index in [4.69, 9.17) is 9.84 Å². The zero-order valence-corrected chi connectivity index (χ0v) is 10.6. The number of carbonyl (C=O) groups is 1. The lowest BCUT2D eigenvalue weighted by Gasteiger charge is -2.31. The molecule has 4 nitrogen and oxygen atoms in total. The first-order valence-corrected chi connectivity index (χ1v) is 6.26. The van der Waals surface area contributed by atoms with E-state index in [-0.39, 0.29) is 0 Å². The van der Waals surface area contributed by atoms with Gasteiger partial charge in [0.25, 0.3) is 0 Å². The molecule has 1 fully saturated rings. The summed E-state index contributed by atoms with van der Waals surface area (Å²) in [5.41, 5.74) is 1.40. The minimum Gasteiger partial charge on any atom is -0.478 e. The zero-order chi connectivity index (χ0) is 13.0. The van der Waals surface area contributed by atoms with E-state index in [0.29, 0.717) is 11.7 Å². The normalized spacial score (nSPS) is 20.8. The second kappa shape index (κ2) is 5.98. The number of likely N-dealkylation sites (tertiary alicyclic amines) is 1. The molecule has 1 aliphatic rings. The van der Waals surface area contributed by atoms with Gasteiger partial charge in [-0.25, -0.2) is 4.79 Å². The van der Waals surface area contributed by atoms with Crippen molar-refractivity contribution in [1.82, 2.24) is 4.90 Å². The number of hydrogen-bond donors (Lipinski definition) is 1. The third-order valence-electron chi connectivity index (χ3n) is 3.38. The standard InChI is InChI=1S/C14H19NO3/c1-18-13-6-3-7-15(10-13)9-11-4-2-5-12(8-11)14(16)17/h2,4-5,8,13H,3,6-7,9-10H2,1H3,(H,16,17). The number of methoxy groups -OCH3 is 1. The highest BCUT2D eigenvalue weighted by Crippen LogP contribution is 2.16. The summed E-state index contributed by atoms with van der Waals surface area (Å²) in [5.74, 6) is -0.870. The minimum absolute atomic E-state index is 0.307. The lowest BCUT2D eigenvalue weighted by atomic mass is 10.1. The molecule has 1 unspecified atom stereocenters. The summed E-state index contributed by atoms with van der Waals surface area (Å²) in [5, 5.41) is 8.96. The largest absolute Gasteiger partial charge is 0.478 e. The second-order valence-corrected chi connectivity index (χ2v) is 4.74. The van der Waals surface area contributed by atoms with Crippen LogP contribution in [0.4, 0.5) is 0 Å². The number of nitrogens with zero attached hydrogens (tertiary/aromatic N) is 1. The molecule has 1 N–H and O–H groups in total. The summed E-state index contributed by atoms with van der Waals surface area (Å²) in [7, 11) is 1.75. The highest BCUT2D eigenvalue weighted by molar-refractivity contribution is 5.87. The van der Waals surface area contributed by atoms with Crippen LogP contribution in [0.5, 0.6) is 0 Å². The van der Waals surface area contributed by atoms with Crippen LogP contribution in [0.2, 0.25) is 0 Å². The van der Waals surface area contributed by atoms with Gasteiger partial charge in [-0.05, 0) is 37.1 Å². The van der Waals surface area contributed by atoms with E-state index < -0.39 is 5.97 Å². The van der Waals surface area contributed by atoms with Crippen molar-refractivity contribution in [2.75, 3.05) is 20.2 Å². The van der Waals surface area contributed by atoms with Crippen LogP contribution in [-0.4, -0.2) is 42.3 Å². The number of hydrogen-bond acceptors (Lipinski definition) is 3. The van der Waals surface area contributed by atoms with Crippen LogP contribution in [0.15, 0.2) is 24.3 Å². The molecule has 1 aliphatic heterocycles. The van der Waals surface area contributed by atoms with Crippen molar-refractivity contribution in [2.45, 2.75) is 25.5 Å². The first kappa shape index (κ1) is 13.1. The van der Waals surface area contributed by atoms with Gasteiger partial charge in [0.05, 0.1) is 11.7 Å². The molecule has 0 radical (unpaired) electrons. The van der Waals surface area contributed by atoms with Gasteiger partial charge in [-0.3, -0.25) is 4.90 Å². The summed E-state index contributed by atoms with van der Waals surface area (Å²) in [6.45, 7) is 2.77. The van der Waals surface area contributed by atoms with Gasteiger partial charge in [-0.2, -0.15) is 0 Å². The Balaban J connectivity index is 2.00. The van der Waals surface area contributed by atoms with E-state index in [9.17, 15) is 4.79 Å². The molecule has 0 saturated carbocycles. The zero-order valence-electron chi connectivity index (χ0n) is 10.6. The molecular weight excluding hydrogens is 230 g/mol. The number of carboxylic acids is 1. The maximum absolute atomic E-state index is 10.9. The van der Waals surface area contributed by atoms with E-state index in [1.54, 1.807) is 25.3 Å². The lowest BCUT2D eigenvalue weighted by Crippen LogP contribution is -2.38. The SMILES string of the molecule is COC1CCCN(Cc2cccc(C(=O)O)c2)C1. The van der Waals surface area contributed by atoms with Crippen molar-refractivity contribution >= 4 is 5.97 Å². The maximum Gasteiger partial charge on any atom is 0.335 e. The monoisotopic (exact) mass is 249 g/mol. The van der Waals surface area contributed by atoms with E-state index >= 15 is 0 Å². The van der Waals surface area contributed by atoms with Crippen LogP contribution in [0, 0.1) is 0 Å². The molecule has 2 rings (SSSR count). The highest BCUT2D eigenvalue weighted by atomic mass is 16.5. The predicted molar refractivity (Wildman–Crippen MR) is 68.7 cm³/mol. The third-order valence-corrected chi connectivity index (χ3v) is 3.38. The number of piperidine rings is 1. The summed E-state index contributed by atoms with van der Waals surface area (Å²) >= 11 is 0. The third kappa shape index (κ3) is 3.31. The molecule has 0 aromatic heterocycles. The molecule has 1 atom stereocenters. The van der Waals surface area contributed by atoms with Crippen LogP contribution in [0.25, 0.3) is 0 Å². The van der Waals surface area contributed by atoms with Gasteiger partial charge < -0.3 is 9.84 Å². The van der Waals surface area contributed by atoms with Crippen LogP contribution < -0.4 is 0 Å². The van der Waals surface area contributed by atoms with Crippen LogP contribution in [-0.2, 0) is 11.3 Å². The topological polar surface area (TPSA) is 49.8 Å². The Morgan fingerprint density at radius 2 is 2.39 bits per heavy atom. The summed E-state index contributed by atoms with van der Waals surface area (Å²) in [6, 6.07) is 7.15. The predicted octanol–water partition coefficient (Wildman–Crippen LogP) is 2.00. The average Bonchev–Trinajstić information content (AvgIpc) is 2.39. The van der Waals surface area contributed by atoms with Gasteiger partial charge in [0.1, 0.15) is 0 Å². The number of ether oxygens (including phenoxy) is 1. The van der Waals surface area contributed by atoms with Crippen molar-refractivity contribution in [3.8, 4) is 0 Å². The van der Waals surface area contributed by atoms with Gasteiger partial charge in [0.2, 0.25) is 0 Å². The Bertz CT molecular complexity index is 419. The maximum atomic E-state index is 10.9. The number of carboxylic acid groups (broad SMARTS) is 1. The van der Waals surface area contributed by atoms with E-state index in [1.807, 2.05) is 6.07 Å². The fraction of sp³-hybridized carbons (Fsp3) is 0.500. The van der Waals surface area contributed by atoms with Crippen molar-refractivity contribution < 1.29 is 14.6 Å². The number of benzene rings is 1. The molecular formula is C14H19NO3. The Kier molecular flexibility index (Phi) is 4.33. The van der Waals surface area contributed by atoms with Gasteiger partial charge in [-0.15, -0.1) is 0 Å². The highest BCUT2D eigenvalue weighted by Gasteiger charge is 2.19. The van der Waals surface area contributed by atoms with Crippen molar-refractivity contribution in [2.24, 2.45) is 0 Å². The first-order chi connectivity index (χ1) is 8.69. The van der Waals surface area contributed by atoms with E-state index in [2.05, 4.69) is 4.90 Å². The van der Waals surface area contributed by atoms with Gasteiger partial charge in [0.15, 0.2) is 0 Å².